The number of fused-ring (bicyclic) bond motifs is 1. The molecular weight excluding hydrogens is 354 g/mol. The monoisotopic (exact) mass is 381 g/mol. The van der Waals surface area contributed by atoms with E-state index in [1.54, 1.807) is 0 Å². The summed E-state index contributed by atoms with van der Waals surface area (Å²) in [5, 5.41) is 6.08. The minimum Gasteiger partial charge on any atom is -0.489 e. The molecular formula is C27H27NO. The molecule has 2 nitrogen and oxygen atoms in total. The summed E-state index contributed by atoms with van der Waals surface area (Å²) in [4.78, 5) is 0. The van der Waals surface area contributed by atoms with Gasteiger partial charge in [0.2, 0.25) is 0 Å². The molecule has 0 saturated carbocycles. The Morgan fingerprint density at radius 1 is 0.690 bits per heavy atom. The topological polar surface area (TPSA) is 21.3 Å². The molecule has 146 valence electrons. The number of rotatable bonds is 7. The molecule has 0 aromatic heterocycles. The summed E-state index contributed by atoms with van der Waals surface area (Å²) in [6, 6.07) is 29.9. The Bertz CT molecular complexity index is 1100. The van der Waals surface area contributed by atoms with E-state index in [1.807, 2.05) is 0 Å². The highest BCUT2D eigenvalue weighted by Gasteiger charge is 2.09. The first kappa shape index (κ1) is 19.2. The van der Waals surface area contributed by atoms with Crippen LogP contribution in [0.2, 0.25) is 0 Å². The summed E-state index contributed by atoms with van der Waals surface area (Å²) in [5.41, 5.74) is 6.23. The van der Waals surface area contributed by atoms with Crippen LogP contribution in [0, 0.1) is 13.8 Å². The highest BCUT2D eigenvalue weighted by atomic mass is 16.5. The highest BCUT2D eigenvalue weighted by Crippen LogP contribution is 2.29. The van der Waals surface area contributed by atoms with Crippen molar-refractivity contribution in [2.75, 3.05) is 0 Å². The van der Waals surface area contributed by atoms with Crippen molar-refractivity contribution in [3.8, 4) is 5.75 Å². The molecule has 1 N–H and O–H groups in total. The van der Waals surface area contributed by atoms with E-state index in [2.05, 4.69) is 104 Å². The Hall–Kier alpha value is -3.10. The predicted octanol–water partition coefficient (Wildman–Crippen LogP) is 6.33. The lowest BCUT2D eigenvalue weighted by molar-refractivity contribution is 0.302. The van der Waals surface area contributed by atoms with Gasteiger partial charge in [0.25, 0.3) is 0 Å². The first-order valence-corrected chi connectivity index (χ1v) is 10.1. The summed E-state index contributed by atoms with van der Waals surface area (Å²) >= 11 is 0. The lowest BCUT2D eigenvalue weighted by Crippen LogP contribution is -2.14. The van der Waals surface area contributed by atoms with Crippen LogP contribution in [0.4, 0.5) is 0 Å². The fourth-order valence-corrected chi connectivity index (χ4v) is 3.63. The van der Waals surface area contributed by atoms with Crippen LogP contribution in [0.5, 0.6) is 5.75 Å². The van der Waals surface area contributed by atoms with Gasteiger partial charge in [-0.05, 0) is 41.8 Å². The molecule has 0 aliphatic heterocycles. The summed E-state index contributed by atoms with van der Waals surface area (Å²) < 4.78 is 6.26. The van der Waals surface area contributed by atoms with Crippen molar-refractivity contribution in [2.24, 2.45) is 0 Å². The first-order chi connectivity index (χ1) is 14.2. The molecule has 0 atom stereocenters. The summed E-state index contributed by atoms with van der Waals surface area (Å²) in [5.74, 6) is 0.946. The van der Waals surface area contributed by atoms with Gasteiger partial charge in [-0.25, -0.2) is 0 Å². The molecule has 0 heterocycles. The summed E-state index contributed by atoms with van der Waals surface area (Å²) in [6.45, 7) is 6.40. The van der Waals surface area contributed by atoms with Crippen molar-refractivity contribution in [3.63, 3.8) is 0 Å². The lowest BCUT2D eigenvalue weighted by atomic mass is 10.0. The second-order valence-corrected chi connectivity index (χ2v) is 7.63. The Morgan fingerprint density at radius 2 is 1.52 bits per heavy atom. The van der Waals surface area contributed by atoms with Crippen LogP contribution in [0.25, 0.3) is 10.8 Å². The molecule has 29 heavy (non-hydrogen) atoms. The molecule has 2 heteroatoms. The van der Waals surface area contributed by atoms with Gasteiger partial charge in [0, 0.05) is 18.7 Å². The van der Waals surface area contributed by atoms with E-state index in [1.165, 1.54) is 38.6 Å². The molecule has 0 amide bonds. The van der Waals surface area contributed by atoms with Gasteiger partial charge < -0.3 is 10.1 Å². The number of aryl methyl sites for hydroxylation is 2. The van der Waals surface area contributed by atoms with Crippen LogP contribution in [0.3, 0.4) is 0 Å². The molecule has 0 fully saturated rings. The molecule has 0 aliphatic rings. The Kier molecular flexibility index (Phi) is 5.92. The average Bonchev–Trinajstić information content (AvgIpc) is 2.74. The predicted molar refractivity (Wildman–Crippen MR) is 121 cm³/mol. The smallest absolute Gasteiger partial charge is 0.124 e. The van der Waals surface area contributed by atoms with Crippen LogP contribution in [-0.4, -0.2) is 0 Å². The van der Waals surface area contributed by atoms with E-state index in [4.69, 9.17) is 4.74 Å². The summed E-state index contributed by atoms with van der Waals surface area (Å²) in [7, 11) is 0. The van der Waals surface area contributed by atoms with Crippen LogP contribution >= 0.6 is 0 Å². The van der Waals surface area contributed by atoms with Crippen molar-refractivity contribution in [1.82, 2.24) is 5.32 Å². The van der Waals surface area contributed by atoms with Crippen molar-refractivity contribution >= 4 is 10.8 Å². The largest absolute Gasteiger partial charge is 0.489 e. The van der Waals surface area contributed by atoms with E-state index < -0.39 is 0 Å². The van der Waals surface area contributed by atoms with E-state index >= 15 is 0 Å². The Balaban J connectivity index is 1.54. The van der Waals surface area contributed by atoms with Gasteiger partial charge in [-0.3, -0.25) is 0 Å². The standard InChI is InChI=1S/C27H27NO/c1-20-10-12-22(13-11-20)17-28-18-26-25-9-4-3-8-24(25)14-15-27(26)29-19-23-7-5-6-21(2)16-23/h3-16,28H,17-19H2,1-2H3. The third-order valence-electron chi connectivity index (χ3n) is 5.23. The quantitative estimate of drug-likeness (QED) is 0.404. The second-order valence-electron chi connectivity index (χ2n) is 7.63. The van der Waals surface area contributed by atoms with Crippen LogP contribution in [0.15, 0.2) is 84.9 Å². The second kappa shape index (κ2) is 8.93. The fourth-order valence-electron chi connectivity index (χ4n) is 3.63. The van der Waals surface area contributed by atoms with Crippen LogP contribution in [-0.2, 0) is 19.7 Å². The van der Waals surface area contributed by atoms with E-state index in [-0.39, 0.29) is 0 Å². The SMILES string of the molecule is Cc1ccc(CNCc2c(OCc3cccc(C)c3)ccc3ccccc23)cc1. The van der Waals surface area contributed by atoms with Crippen molar-refractivity contribution in [3.05, 3.63) is 113 Å². The summed E-state index contributed by atoms with van der Waals surface area (Å²) in [6.07, 6.45) is 0. The van der Waals surface area contributed by atoms with E-state index in [0.29, 0.717) is 6.61 Å². The van der Waals surface area contributed by atoms with Gasteiger partial charge in [0.05, 0.1) is 0 Å². The van der Waals surface area contributed by atoms with Crippen molar-refractivity contribution in [1.29, 1.82) is 0 Å². The van der Waals surface area contributed by atoms with Crippen LogP contribution < -0.4 is 10.1 Å². The van der Waals surface area contributed by atoms with Crippen LogP contribution in [0.1, 0.15) is 27.8 Å². The van der Waals surface area contributed by atoms with E-state index in [0.717, 1.165) is 18.8 Å². The third-order valence-corrected chi connectivity index (χ3v) is 5.23. The maximum absolute atomic E-state index is 6.26. The third kappa shape index (κ3) is 4.85. The molecule has 4 aromatic carbocycles. The molecule has 0 unspecified atom stereocenters. The van der Waals surface area contributed by atoms with Crippen molar-refractivity contribution < 1.29 is 4.74 Å². The number of hydrogen-bond donors (Lipinski definition) is 1. The minimum absolute atomic E-state index is 0.574. The maximum Gasteiger partial charge on any atom is 0.124 e. The minimum atomic E-state index is 0.574. The van der Waals surface area contributed by atoms with Gasteiger partial charge in [0.15, 0.2) is 0 Å². The van der Waals surface area contributed by atoms with Gasteiger partial charge in [-0.1, -0.05) is 90.0 Å². The Labute approximate surface area is 173 Å². The first-order valence-electron chi connectivity index (χ1n) is 10.1. The number of hydrogen-bond acceptors (Lipinski definition) is 2. The fraction of sp³-hybridized carbons (Fsp3) is 0.185. The number of benzene rings is 4. The zero-order chi connectivity index (χ0) is 20.1. The van der Waals surface area contributed by atoms with Gasteiger partial charge in [-0.2, -0.15) is 0 Å². The molecule has 0 radical (unpaired) electrons. The molecule has 4 rings (SSSR count). The van der Waals surface area contributed by atoms with Gasteiger partial charge in [0.1, 0.15) is 12.4 Å². The molecule has 0 spiro atoms. The van der Waals surface area contributed by atoms with E-state index in [9.17, 15) is 0 Å². The number of ether oxygens (including phenoxy) is 1. The molecule has 4 aromatic rings. The molecule has 0 aliphatic carbocycles. The van der Waals surface area contributed by atoms with Gasteiger partial charge in [-0.15, -0.1) is 0 Å². The maximum atomic E-state index is 6.26. The molecule has 0 bridgehead atoms. The van der Waals surface area contributed by atoms with Gasteiger partial charge >= 0.3 is 0 Å². The zero-order valence-electron chi connectivity index (χ0n) is 17.1. The lowest BCUT2D eigenvalue weighted by Gasteiger charge is -2.15. The highest BCUT2D eigenvalue weighted by molar-refractivity contribution is 5.87. The Morgan fingerprint density at radius 3 is 2.34 bits per heavy atom. The molecule has 0 saturated heterocycles. The number of nitrogens with one attached hydrogen (secondary N) is 1. The normalized spacial score (nSPS) is 11.0. The average molecular weight is 382 g/mol. The van der Waals surface area contributed by atoms with Crippen molar-refractivity contribution in [2.45, 2.75) is 33.5 Å². The zero-order valence-corrected chi connectivity index (χ0v) is 17.1.